The van der Waals surface area contributed by atoms with Gasteiger partial charge in [0.1, 0.15) is 6.61 Å². The molecule has 0 aliphatic rings. The number of pyridine rings is 1. The van der Waals surface area contributed by atoms with Gasteiger partial charge in [-0.25, -0.2) is 4.98 Å². The quantitative estimate of drug-likeness (QED) is 0.754. The van der Waals surface area contributed by atoms with Crippen LogP contribution in [0.5, 0.6) is 5.88 Å². The van der Waals surface area contributed by atoms with Crippen LogP contribution in [0.1, 0.15) is 21.5 Å². The Morgan fingerprint density at radius 1 is 1.29 bits per heavy atom. The Bertz CT molecular complexity index is 509. The highest BCUT2D eigenvalue weighted by Gasteiger charge is 2.02. The highest BCUT2D eigenvalue weighted by molar-refractivity contribution is 5.74. The zero-order chi connectivity index (χ0) is 12.1. The minimum Gasteiger partial charge on any atom is -0.473 e. The van der Waals surface area contributed by atoms with Crippen molar-refractivity contribution in [1.29, 1.82) is 0 Å². The summed E-state index contributed by atoms with van der Waals surface area (Å²) < 4.78 is 5.60. The van der Waals surface area contributed by atoms with Crippen LogP contribution in [0.4, 0.5) is 0 Å². The maximum Gasteiger partial charge on any atom is 0.216 e. The molecule has 0 fully saturated rings. The lowest BCUT2D eigenvalue weighted by Gasteiger charge is -2.07. The average Bonchev–Trinajstić information content (AvgIpc) is 2.38. The highest BCUT2D eigenvalue weighted by atomic mass is 16.5. The van der Waals surface area contributed by atoms with Crippen molar-refractivity contribution >= 4 is 6.29 Å². The van der Waals surface area contributed by atoms with E-state index in [9.17, 15) is 4.79 Å². The molecule has 0 bridgehead atoms. The SMILES string of the molecule is Cc1cc(C=O)cnc1OCc1ccccc1. The number of hydrogen-bond donors (Lipinski definition) is 0. The molecular weight excluding hydrogens is 214 g/mol. The van der Waals surface area contributed by atoms with E-state index in [-0.39, 0.29) is 0 Å². The lowest BCUT2D eigenvalue weighted by Crippen LogP contribution is -1.99. The van der Waals surface area contributed by atoms with E-state index in [0.29, 0.717) is 18.1 Å². The van der Waals surface area contributed by atoms with E-state index in [1.807, 2.05) is 37.3 Å². The van der Waals surface area contributed by atoms with E-state index < -0.39 is 0 Å². The van der Waals surface area contributed by atoms with Crippen molar-refractivity contribution in [2.45, 2.75) is 13.5 Å². The first kappa shape index (κ1) is 11.3. The minimum absolute atomic E-state index is 0.481. The van der Waals surface area contributed by atoms with Crippen LogP contribution in [-0.2, 0) is 6.61 Å². The molecule has 3 nitrogen and oxygen atoms in total. The predicted octanol–water partition coefficient (Wildman–Crippen LogP) is 2.78. The molecule has 17 heavy (non-hydrogen) atoms. The number of aryl methyl sites for hydroxylation is 1. The van der Waals surface area contributed by atoms with Crippen LogP contribution < -0.4 is 4.74 Å². The normalized spacial score (nSPS) is 9.94. The summed E-state index contributed by atoms with van der Waals surface area (Å²) in [6, 6.07) is 11.7. The molecule has 1 aromatic carbocycles. The van der Waals surface area contributed by atoms with Gasteiger partial charge < -0.3 is 4.74 Å². The first-order chi connectivity index (χ1) is 8.29. The number of carbonyl (C=O) groups excluding carboxylic acids is 1. The molecule has 0 saturated carbocycles. The largest absolute Gasteiger partial charge is 0.473 e. The molecule has 2 rings (SSSR count). The summed E-state index contributed by atoms with van der Waals surface area (Å²) in [5.74, 6) is 0.569. The van der Waals surface area contributed by atoms with E-state index >= 15 is 0 Å². The first-order valence-electron chi connectivity index (χ1n) is 5.38. The molecule has 0 spiro atoms. The Morgan fingerprint density at radius 2 is 2.06 bits per heavy atom. The van der Waals surface area contributed by atoms with Gasteiger partial charge in [0.25, 0.3) is 0 Å². The van der Waals surface area contributed by atoms with E-state index in [1.165, 1.54) is 6.20 Å². The van der Waals surface area contributed by atoms with Crippen molar-refractivity contribution in [2.24, 2.45) is 0 Å². The summed E-state index contributed by atoms with van der Waals surface area (Å²) in [7, 11) is 0. The van der Waals surface area contributed by atoms with Crippen LogP contribution in [0.3, 0.4) is 0 Å². The number of aldehydes is 1. The molecule has 1 aromatic heterocycles. The Labute approximate surface area is 100 Å². The molecule has 0 N–H and O–H groups in total. The number of aromatic nitrogens is 1. The van der Waals surface area contributed by atoms with Crippen LogP contribution in [0.2, 0.25) is 0 Å². The minimum atomic E-state index is 0.481. The third-order valence-corrected chi connectivity index (χ3v) is 2.41. The fourth-order valence-electron chi connectivity index (χ4n) is 1.53. The molecule has 1 heterocycles. The number of hydrogen-bond acceptors (Lipinski definition) is 3. The van der Waals surface area contributed by atoms with Gasteiger partial charge in [0.05, 0.1) is 0 Å². The van der Waals surface area contributed by atoms with Gasteiger partial charge in [-0.3, -0.25) is 4.79 Å². The Morgan fingerprint density at radius 3 is 2.71 bits per heavy atom. The molecule has 0 amide bonds. The molecule has 0 saturated heterocycles. The van der Waals surface area contributed by atoms with Gasteiger partial charge in [-0.15, -0.1) is 0 Å². The van der Waals surface area contributed by atoms with E-state index in [2.05, 4.69) is 4.98 Å². The first-order valence-corrected chi connectivity index (χ1v) is 5.38. The Balaban J connectivity index is 2.07. The van der Waals surface area contributed by atoms with Gasteiger partial charge >= 0.3 is 0 Å². The van der Waals surface area contributed by atoms with Gasteiger partial charge in [-0.05, 0) is 18.6 Å². The number of benzene rings is 1. The molecule has 0 atom stereocenters. The number of rotatable bonds is 4. The lowest BCUT2D eigenvalue weighted by atomic mass is 10.2. The molecule has 86 valence electrons. The lowest BCUT2D eigenvalue weighted by molar-refractivity contribution is 0.112. The third-order valence-electron chi connectivity index (χ3n) is 2.41. The molecule has 0 aliphatic heterocycles. The predicted molar refractivity (Wildman–Crippen MR) is 65.1 cm³/mol. The second kappa shape index (κ2) is 5.25. The summed E-state index contributed by atoms with van der Waals surface area (Å²) in [6.07, 6.45) is 2.29. The monoisotopic (exact) mass is 227 g/mol. The van der Waals surface area contributed by atoms with Gasteiger partial charge in [-0.1, -0.05) is 30.3 Å². The van der Waals surface area contributed by atoms with Crippen LogP contribution in [0, 0.1) is 6.92 Å². The van der Waals surface area contributed by atoms with Gasteiger partial charge in [0.15, 0.2) is 6.29 Å². The summed E-state index contributed by atoms with van der Waals surface area (Å²) in [5.41, 5.74) is 2.52. The van der Waals surface area contributed by atoms with Crippen molar-refractivity contribution in [3.05, 3.63) is 59.3 Å². The maximum absolute atomic E-state index is 10.6. The summed E-state index contributed by atoms with van der Waals surface area (Å²) >= 11 is 0. The van der Waals surface area contributed by atoms with Gasteiger partial charge in [-0.2, -0.15) is 0 Å². The van der Waals surface area contributed by atoms with Crippen molar-refractivity contribution in [1.82, 2.24) is 4.98 Å². The standard InChI is InChI=1S/C14H13NO2/c1-11-7-13(9-16)8-15-14(11)17-10-12-5-3-2-4-6-12/h2-9H,10H2,1H3. The fraction of sp³-hybridized carbons (Fsp3) is 0.143. The van der Waals surface area contributed by atoms with Crippen molar-refractivity contribution in [3.63, 3.8) is 0 Å². The van der Waals surface area contributed by atoms with Crippen molar-refractivity contribution < 1.29 is 9.53 Å². The number of carbonyl (C=O) groups is 1. The van der Waals surface area contributed by atoms with E-state index in [1.54, 1.807) is 6.07 Å². The molecule has 0 radical (unpaired) electrons. The zero-order valence-electron chi connectivity index (χ0n) is 9.59. The Hall–Kier alpha value is -2.16. The Kier molecular flexibility index (Phi) is 3.50. The average molecular weight is 227 g/mol. The topological polar surface area (TPSA) is 39.2 Å². The highest BCUT2D eigenvalue weighted by Crippen LogP contribution is 2.16. The molecule has 3 heteroatoms. The second-order valence-corrected chi connectivity index (χ2v) is 3.78. The third kappa shape index (κ3) is 2.91. The van der Waals surface area contributed by atoms with Crippen molar-refractivity contribution in [3.8, 4) is 5.88 Å². The zero-order valence-corrected chi connectivity index (χ0v) is 9.59. The second-order valence-electron chi connectivity index (χ2n) is 3.78. The van der Waals surface area contributed by atoms with Gasteiger partial charge in [0, 0.05) is 17.3 Å². The molecule has 0 unspecified atom stereocenters. The number of nitrogens with zero attached hydrogens (tertiary/aromatic N) is 1. The summed E-state index contributed by atoms with van der Waals surface area (Å²) in [6.45, 7) is 2.36. The smallest absolute Gasteiger partial charge is 0.216 e. The van der Waals surface area contributed by atoms with Gasteiger partial charge in [0.2, 0.25) is 5.88 Å². The van der Waals surface area contributed by atoms with Crippen LogP contribution >= 0.6 is 0 Å². The molecule has 2 aromatic rings. The van der Waals surface area contributed by atoms with Crippen LogP contribution in [0.25, 0.3) is 0 Å². The summed E-state index contributed by atoms with van der Waals surface area (Å²) in [4.78, 5) is 14.7. The molecule has 0 aliphatic carbocycles. The van der Waals surface area contributed by atoms with Crippen LogP contribution in [-0.4, -0.2) is 11.3 Å². The van der Waals surface area contributed by atoms with Crippen molar-refractivity contribution in [2.75, 3.05) is 0 Å². The van der Waals surface area contributed by atoms with E-state index in [4.69, 9.17) is 4.74 Å². The fourth-order valence-corrected chi connectivity index (χ4v) is 1.53. The van der Waals surface area contributed by atoms with E-state index in [0.717, 1.165) is 17.4 Å². The maximum atomic E-state index is 10.6. The molecular formula is C14H13NO2. The summed E-state index contributed by atoms with van der Waals surface area (Å²) in [5, 5.41) is 0. The van der Waals surface area contributed by atoms with Crippen LogP contribution in [0.15, 0.2) is 42.6 Å². The number of ether oxygens (including phenoxy) is 1.